The first-order valence-electron chi connectivity index (χ1n) is 7.68. The molecule has 0 fully saturated rings. The quantitative estimate of drug-likeness (QED) is 0.511. The van der Waals surface area contributed by atoms with Crippen molar-refractivity contribution in [2.45, 2.75) is 32.2 Å². The topological polar surface area (TPSA) is 39.1 Å². The summed E-state index contributed by atoms with van der Waals surface area (Å²) in [6, 6.07) is 15.5. The van der Waals surface area contributed by atoms with E-state index in [4.69, 9.17) is 0 Å². The Morgan fingerprint density at radius 3 is 2.00 bits per heavy atom. The molecule has 0 N–H and O–H groups in total. The number of hydrogen-bond donors (Lipinski definition) is 0. The van der Waals surface area contributed by atoms with E-state index in [1.807, 2.05) is 54.8 Å². The minimum atomic E-state index is 0.0954. The van der Waals surface area contributed by atoms with Gasteiger partial charge in [0, 0.05) is 23.7 Å². The SMILES string of the molecule is O=[C]CCCCCn1c2ccccc2c(=O)c2ccccc21. The first-order chi connectivity index (χ1) is 10.8. The summed E-state index contributed by atoms with van der Waals surface area (Å²) in [5, 5.41) is 1.53. The van der Waals surface area contributed by atoms with Crippen LogP contribution in [0, 0.1) is 0 Å². The number of pyridine rings is 1. The minimum absolute atomic E-state index is 0.0954. The Kier molecular flexibility index (Phi) is 4.33. The summed E-state index contributed by atoms with van der Waals surface area (Å²) in [7, 11) is 0. The zero-order chi connectivity index (χ0) is 15.4. The number of hydrogen-bond acceptors (Lipinski definition) is 2. The molecule has 1 aromatic heterocycles. The Hall–Kier alpha value is -2.42. The molecule has 0 atom stereocenters. The molecule has 3 heteroatoms. The number of rotatable bonds is 6. The van der Waals surface area contributed by atoms with E-state index >= 15 is 0 Å². The van der Waals surface area contributed by atoms with Crippen molar-refractivity contribution in [2.75, 3.05) is 0 Å². The highest BCUT2D eigenvalue weighted by molar-refractivity contribution is 5.93. The van der Waals surface area contributed by atoms with Crippen LogP contribution in [0.1, 0.15) is 25.7 Å². The lowest BCUT2D eigenvalue weighted by Gasteiger charge is -2.15. The molecule has 3 nitrogen and oxygen atoms in total. The van der Waals surface area contributed by atoms with Crippen molar-refractivity contribution < 1.29 is 4.79 Å². The molecule has 0 unspecified atom stereocenters. The zero-order valence-corrected chi connectivity index (χ0v) is 12.4. The van der Waals surface area contributed by atoms with E-state index in [-0.39, 0.29) is 5.43 Å². The number of nitrogens with zero attached hydrogens (tertiary/aromatic N) is 1. The summed E-state index contributed by atoms with van der Waals surface area (Å²) in [5.41, 5.74) is 2.05. The average molecular weight is 292 g/mol. The molecule has 3 aromatic rings. The van der Waals surface area contributed by atoms with Crippen LogP contribution in [0.15, 0.2) is 53.3 Å². The lowest BCUT2D eigenvalue weighted by atomic mass is 10.1. The Bertz CT molecular complexity index is 804. The van der Waals surface area contributed by atoms with Gasteiger partial charge < -0.3 is 4.57 Å². The van der Waals surface area contributed by atoms with Crippen molar-refractivity contribution in [1.29, 1.82) is 0 Å². The average Bonchev–Trinajstić information content (AvgIpc) is 2.57. The van der Waals surface area contributed by atoms with Crippen LogP contribution in [0.25, 0.3) is 21.8 Å². The number of aryl methyl sites for hydroxylation is 1. The zero-order valence-electron chi connectivity index (χ0n) is 12.4. The van der Waals surface area contributed by atoms with Crippen LogP contribution in [-0.2, 0) is 11.3 Å². The smallest absolute Gasteiger partial charge is 0.198 e. The van der Waals surface area contributed by atoms with E-state index in [1.54, 1.807) is 0 Å². The number of para-hydroxylation sites is 2. The number of benzene rings is 2. The molecular formula is C19H18NO2. The highest BCUT2D eigenvalue weighted by atomic mass is 16.1. The maximum atomic E-state index is 12.6. The first-order valence-corrected chi connectivity index (χ1v) is 7.68. The van der Waals surface area contributed by atoms with Gasteiger partial charge in [0.2, 0.25) is 0 Å². The largest absolute Gasteiger partial charge is 0.340 e. The van der Waals surface area contributed by atoms with Gasteiger partial charge >= 0.3 is 0 Å². The summed E-state index contributed by atoms with van der Waals surface area (Å²) in [5.74, 6) is 0. The molecule has 0 aliphatic carbocycles. The second kappa shape index (κ2) is 6.56. The van der Waals surface area contributed by atoms with E-state index in [0.717, 1.165) is 47.6 Å². The van der Waals surface area contributed by atoms with Gasteiger partial charge in [0.05, 0.1) is 11.0 Å². The van der Waals surface area contributed by atoms with Crippen LogP contribution in [-0.4, -0.2) is 10.9 Å². The van der Waals surface area contributed by atoms with Crippen LogP contribution < -0.4 is 5.43 Å². The van der Waals surface area contributed by atoms with Crippen molar-refractivity contribution in [2.24, 2.45) is 0 Å². The molecular weight excluding hydrogens is 274 g/mol. The molecule has 3 rings (SSSR count). The van der Waals surface area contributed by atoms with Gasteiger partial charge in [-0.2, -0.15) is 0 Å². The number of aromatic nitrogens is 1. The maximum absolute atomic E-state index is 12.6. The van der Waals surface area contributed by atoms with Crippen molar-refractivity contribution in [3.8, 4) is 0 Å². The number of fused-ring (bicyclic) bond motifs is 2. The standard InChI is InChI=1S/C19H18NO2/c21-14-8-2-1-7-13-20-17-11-5-3-9-15(17)19(22)16-10-4-6-12-18(16)20/h3-6,9-12H,1-2,7-8,13H2. The Morgan fingerprint density at radius 1 is 0.818 bits per heavy atom. The number of unbranched alkanes of at least 4 members (excludes halogenated alkanes) is 3. The van der Waals surface area contributed by atoms with Crippen molar-refractivity contribution >= 4 is 28.1 Å². The molecule has 111 valence electrons. The molecule has 22 heavy (non-hydrogen) atoms. The van der Waals surface area contributed by atoms with Gasteiger partial charge in [-0.3, -0.25) is 9.59 Å². The summed E-state index contributed by atoms with van der Waals surface area (Å²) in [4.78, 5) is 22.9. The van der Waals surface area contributed by atoms with Gasteiger partial charge in [-0.05, 0) is 37.1 Å². The van der Waals surface area contributed by atoms with Crippen molar-refractivity contribution in [1.82, 2.24) is 4.57 Å². The maximum Gasteiger partial charge on any atom is 0.198 e. The number of carbonyl (C=O) groups excluding carboxylic acids is 1. The van der Waals surface area contributed by atoms with E-state index in [9.17, 15) is 9.59 Å². The third-order valence-corrected chi connectivity index (χ3v) is 4.04. The summed E-state index contributed by atoms with van der Waals surface area (Å²) in [6.45, 7) is 0.847. The predicted molar refractivity (Wildman–Crippen MR) is 89.9 cm³/mol. The van der Waals surface area contributed by atoms with Gasteiger partial charge in [-0.1, -0.05) is 30.7 Å². The van der Waals surface area contributed by atoms with Crippen LogP contribution >= 0.6 is 0 Å². The molecule has 0 amide bonds. The van der Waals surface area contributed by atoms with Crippen LogP contribution in [0.5, 0.6) is 0 Å². The van der Waals surface area contributed by atoms with Gasteiger partial charge in [0.1, 0.15) is 0 Å². The Balaban J connectivity index is 2.07. The van der Waals surface area contributed by atoms with Gasteiger partial charge in [-0.25, -0.2) is 0 Å². The third kappa shape index (κ3) is 2.67. The molecule has 0 aliphatic rings. The third-order valence-electron chi connectivity index (χ3n) is 4.04. The van der Waals surface area contributed by atoms with Crippen LogP contribution in [0.4, 0.5) is 0 Å². The molecule has 0 bridgehead atoms. The highest BCUT2D eigenvalue weighted by Gasteiger charge is 2.09. The fraction of sp³-hybridized carbons (Fsp3) is 0.263. The van der Waals surface area contributed by atoms with Gasteiger partial charge in [-0.15, -0.1) is 0 Å². The molecule has 1 heterocycles. The van der Waals surface area contributed by atoms with E-state index in [0.29, 0.717) is 6.42 Å². The lowest BCUT2D eigenvalue weighted by Crippen LogP contribution is -2.11. The van der Waals surface area contributed by atoms with Crippen LogP contribution in [0.2, 0.25) is 0 Å². The molecule has 0 saturated heterocycles. The second-order valence-corrected chi connectivity index (χ2v) is 5.47. The fourth-order valence-electron chi connectivity index (χ4n) is 2.96. The predicted octanol–water partition coefficient (Wildman–Crippen LogP) is 3.82. The minimum Gasteiger partial charge on any atom is -0.340 e. The van der Waals surface area contributed by atoms with E-state index in [1.165, 1.54) is 0 Å². The van der Waals surface area contributed by atoms with E-state index < -0.39 is 0 Å². The van der Waals surface area contributed by atoms with Gasteiger partial charge in [0.15, 0.2) is 11.7 Å². The normalized spacial score (nSPS) is 11.1. The summed E-state index contributed by atoms with van der Waals surface area (Å²) < 4.78 is 2.22. The van der Waals surface area contributed by atoms with Crippen molar-refractivity contribution in [3.05, 3.63) is 58.8 Å². The van der Waals surface area contributed by atoms with Gasteiger partial charge in [0.25, 0.3) is 0 Å². The second-order valence-electron chi connectivity index (χ2n) is 5.47. The molecule has 2 aromatic carbocycles. The molecule has 0 saturated carbocycles. The summed E-state index contributed by atoms with van der Waals surface area (Å²) >= 11 is 0. The molecule has 0 spiro atoms. The van der Waals surface area contributed by atoms with E-state index in [2.05, 4.69) is 4.57 Å². The molecule has 1 radical (unpaired) electrons. The first kappa shape index (κ1) is 14.5. The van der Waals surface area contributed by atoms with Crippen LogP contribution in [0.3, 0.4) is 0 Å². The Morgan fingerprint density at radius 2 is 1.41 bits per heavy atom. The monoisotopic (exact) mass is 292 g/mol. The molecule has 0 aliphatic heterocycles. The lowest BCUT2D eigenvalue weighted by molar-refractivity contribution is 0.541. The van der Waals surface area contributed by atoms with Crippen molar-refractivity contribution in [3.63, 3.8) is 0 Å². The highest BCUT2D eigenvalue weighted by Crippen LogP contribution is 2.20. The Labute approximate surface area is 129 Å². The fourth-order valence-corrected chi connectivity index (χ4v) is 2.96. The summed E-state index contributed by atoms with van der Waals surface area (Å²) in [6.07, 6.45) is 5.29.